The van der Waals surface area contributed by atoms with Gasteiger partial charge in [-0.3, -0.25) is 9.59 Å². The van der Waals surface area contributed by atoms with Gasteiger partial charge in [0.25, 0.3) is 0 Å². The van der Waals surface area contributed by atoms with E-state index in [2.05, 4.69) is 10.6 Å². The molecule has 0 fully saturated rings. The molecule has 2 amide bonds. The van der Waals surface area contributed by atoms with Crippen molar-refractivity contribution >= 4 is 17.5 Å². The SMILES string of the molecule is CCc1ccc(NC(=O)C(=O)NC(C)(C)CO)cc1. The third-order valence-corrected chi connectivity index (χ3v) is 2.67. The second-order valence-corrected chi connectivity index (χ2v) is 5.00. The van der Waals surface area contributed by atoms with Gasteiger partial charge in [-0.15, -0.1) is 0 Å². The van der Waals surface area contributed by atoms with Crippen LogP contribution in [0.1, 0.15) is 26.3 Å². The number of nitrogens with one attached hydrogen (secondary N) is 2. The first kappa shape index (κ1) is 15.2. The van der Waals surface area contributed by atoms with E-state index in [1.54, 1.807) is 26.0 Å². The van der Waals surface area contributed by atoms with Gasteiger partial charge in [-0.2, -0.15) is 0 Å². The topological polar surface area (TPSA) is 78.4 Å². The lowest BCUT2D eigenvalue weighted by atomic mass is 10.1. The second-order valence-electron chi connectivity index (χ2n) is 5.00. The highest BCUT2D eigenvalue weighted by molar-refractivity contribution is 6.39. The molecule has 0 saturated carbocycles. The maximum atomic E-state index is 11.7. The minimum absolute atomic E-state index is 0.239. The lowest BCUT2D eigenvalue weighted by Gasteiger charge is -2.22. The number of hydrogen-bond donors (Lipinski definition) is 3. The van der Waals surface area contributed by atoms with E-state index in [4.69, 9.17) is 5.11 Å². The van der Waals surface area contributed by atoms with Crippen LogP contribution in [0.25, 0.3) is 0 Å². The summed E-state index contributed by atoms with van der Waals surface area (Å²) < 4.78 is 0. The number of amides is 2. The van der Waals surface area contributed by atoms with E-state index in [1.165, 1.54) is 0 Å². The Labute approximate surface area is 113 Å². The molecule has 3 N–H and O–H groups in total. The van der Waals surface area contributed by atoms with E-state index >= 15 is 0 Å². The molecule has 0 aliphatic carbocycles. The smallest absolute Gasteiger partial charge is 0.313 e. The van der Waals surface area contributed by atoms with Gasteiger partial charge in [0, 0.05) is 5.69 Å². The molecule has 0 heterocycles. The van der Waals surface area contributed by atoms with E-state index in [0.29, 0.717) is 5.69 Å². The molecule has 0 saturated heterocycles. The molecule has 1 rings (SSSR count). The fourth-order valence-corrected chi connectivity index (χ4v) is 1.42. The van der Waals surface area contributed by atoms with Crippen LogP contribution in [0.2, 0.25) is 0 Å². The normalized spacial score (nSPS) is 10.9. The maximum Gasteiger partial charge on any atom is 0.313 e. The van der Waals surface area contributed by atoms with Crippen LogP contribution < -0.4 is 10.6 Å². The summed E-state index contributed by atoms with van der Waals surface area (Å²) in [6.45, 7) is 5.07. The number of carbonyl (C=O) groups is 2. The highest BCUT2D eigenvalue weighted by atomic mass is 16.3. The van der Waals surface area contributed by atoms with Gasteiger partial charge >= 0.3 is 11.8 Å². The zero-order chi connectivity index (χ0) is 14.5. The number of anilines is 1. The van der Waals surface area contributed by atoms with E-state index in [1.807, 2.05) is 19.1 Å². The molecule has 104 valence electrons. The van der Waals surface area contributed by atoms with E-state index in [9.17, 15) is 9.59 Å². The number of carbonyl (C=O) groups excluding carboxylic acids is 2. The van der Waals surface area contributed by atoms with Crippen LogP contribution in [-0.4, -0.2) is 29.1 Å². The first-order valence-corrected chi connectivity index (χ1v) is 6.21. The van der Waals surface area contributed by atoms with Gasteiger partial charge in [-0.05, 0) is 38.0 Å². The molecular weight excluding hydrogens is 244 g/mol. The van der Waals surface area contributed by atoms with Crippen molar-refractivity contribution in [3.63, 3.8) is 0 Å². The fourth-order valence-electron chi connectivity index (χ4n) is 1.42. The van der Waals surface area contributed by atoms with Crippen LogP contribution in [0.15, 0.2) is 24.3 Å². The molecule has 0 aromatic heterocycles. The average Bonchev–Trinajstić information content (AvgIpc) is 2.39. The van der Waals surface area contributed by atoms with Crippen LogP contribution >= 0.6 is 0 Å². The number of aryl methyl sites for hydroxylation is 1. The molecular formula is C14H20N2O3. The van der Waals surface area contributed by atoms with E-state index in [0.717, 1.165) is 12.0 Å². The van der Waals surface area contributed by atoms with Crippen LogP contribution in [-0.2, 0) is 16.0 Å². The average molecular weight is 264 g/mol. The first-order chi connectivity index (χ1) is 8.88. The highest BCUT2D eigenvalue weighted by Gasteiger charge is 2.23. The zero-order valence-corrected chi connectivity index (χ0v) is 11.5. The minimum atomic E-state index is -0.819. The van der Waals surface area contributed by atoms with Crippen molar-refractivity contribution in [2.24, 2.45) is 0 Å². The Bertz CT molecular complexity index is 452. The number of rotatable bonds is 4. The Morgan fingerprint density at radius 2 is 1.74 bits per heavy atom. The lowest BCUT2D eigenvalue weighted by Crippen LogP contribution is -2.50. The van der Waals surface area contributed by atoms with E-state index < -0.39 is 17.4 Å². The molecule has 19 heavy (non-hydrogen) atoms. The predicted molar refractivity (Wildman–Crippen MR) is 73.8 cm³/mol. The molecule has 0 spiro atoms. The van der Waals surface area contributed by atoms with Crippen molar-refractivity contribution in [1.82, 2.24) is 5.32 Å². The van der Waals surface area contributed by atoms with Crippen LogP contribution in [0, 0.1) is 0 Å². The van der Waals surface area contributed by atoms with Crippen LogP contribution in [0.3, 0.4) is 0 Å². The van der Waals surface area contributed by atoms with Crippen molar-refractivity contribution in [3.8, 4) is 0 Å². The van der Waals surface area contributed by atoms with Gasteiger partial charge < -0.3 is 15.7 Å². The second kappa shape index (κ2) is 6.33. The quantitative estimate of drug-likeness (QED) is 0.712. The van der Waals surface area contributed by atoms with E-state index in [-0.39, 0.29) is 6.61 Å². The summed E-state index contributed by atoms with van der Waals surface area (Å²) in [4.78, 5) is 23.3. The third kappa shape index (κ3) is 4.71. The standard InChI is InChI=1S/C14H20N2O3/c1-4-10-5-7-11(8-6-10)15-12(18)13(19)16-14(2,3)9-17/h5-8,17H,4,9H2,1-3H3,(H,15,18)(H,16,19). The number of aliphatic hydroxyl groups is 1. The summed E-state index contributed by atoms with van der Waals surface area (Å²) in [5, 5.41) is 14.0. The van der Waals surface area contributed by atoms with Crippen molar-refractivity contribution in [3.05, 3.63) is 29.8 Å². The highest BCUT2D eigenvalue weighted by Crippen LogP contribution is 2.10. The summed E-state index contributed by atoms with van der Waals surface area (Å²) in [6, 6.07) is 7.29. The molecule has 0 radical (unpaired) electrons. The Morgan fingerprint density at radius 1 is 1.16 bits per heavy atom. The minimum Gasteiger partial charge on any atom is -0.394 e. The fraction of sp³-hybridized carbons (Fsp3) is 0.429. The summed E-state index contributed by atoms with van der Waals surface area (Å²) in [5.74, 6) is -1.51. The lowest BCUT2D eigenvalue weighted by molar-refractivity contribution is -0.137. The number of aliphatic hydroxyl groups excluding tert-OH is 1. The summed E-state index contributed by atoms with van der Waals surface area (Å²) in [6.07, 6.45) is 0.916. The molecule has 0 aliphatic rings. The van der Waals surface area contributed by atoms with Gasteiger partial charge in [0.2, 0.25) is 0 Å². The molecule has 1 aromatic rings. The van der Waals surface area contributed by atoms with Crippen LogP contribution in [0.5, 0.6) is 0 Å². The Balaban J connectivity index is 2.61. The van der Waals surface area contributed by atoms with Gasteiger partial charge in [0.15, 0.2) is 0 Å². The van der Waals surface area contributed by atoms with Crippen LogP contribution in [0.4, 0.5) is 5.69 Å². The molecule has 5 heteroatoms. The molecule has 5 nitrogen and oxygen atoms in total. The molecule has 0 unspecified atom stereocenters. The summed E-state index contributed by atoms with van der Waals surface area (Å²) in [5.41, 5.74) is 0.906. The maximum absolute atomic E-state index is 11.7. The van der Waals surface area contributed by atoms with Crippen molar-refractivity contribution in [1.29, 1.82) is 0 Å². The van der Waals surface area contributed by atoms with Crippen molar-refractivity contribution in [2.45, 2.75) is 32.7 Å². The molecule has 0 aliphatic heterocycles. The molecule has 1 aromatic carbocycles. The van der Waals surface area contributed by atoms with Gasteiger partial charge in [0.1, 0.15) is 0 Å². The van der Waals surface area contributed by atoms with Gasteiger partial charge in [0.05, 0.1) is 12.1 Å². The number of hydrogen-bond acceptors (Lipinski definition) is 3. The zero-order valence-electron chi connectivity index (χ0n) is 11.5. The molecule has 0 bridgehead atoms. The summed E-state index contributed by atoms with van der Waals surface area (Å²) >= 11 is 0. The predicted octanol–water partition coefficient (Wildman–Crippen LogP) is 1.07. The largest absolute Gasteiger partial charge is 0.394 e. The van der Waals surface area contributed by atoms with Gasteiger partial charge in [-0.25, -0.2) is 0 Å². The Hall–Kier alpha value is -1.88. The Kier molecular flexibility index (Phi) is 5.06. The monoisotopic (exact) mass is 264 g/mol. The molecule has 0 atom stereocenters. The van der Waals surface area contributed by atoms with Gasteiger partial charge in [-0.1, -0.05) is 19.1 Å². The van der Waals surface area contributed by atoms with Crippen molar-refractivity contribution < 1.29 is 14.7 Å². The Morgan fingerprint density at radius 3 is 2.21 bits per heavy atom. The number of benzene rings is 1. The third-order valence-electron chi connectivity index (χ3n) is 2.67. The summed E-state index contributed by atoms with van der Waals surface area (Å²) in [7, 11) is 0. The first-order valence-electron chi connectivity index (χ1n) is 6.21. The van der Waals surface area contributed by atoms with Crippen molar-refractivity contribution in [2.75, 3.05) is 11.9 Å².